The molecular formula is C13H24O6. The fourth-order valence-electron chi connectivity index (χ4n) is 2.47. The molecule has 2 rings (SSSR count). The van der Waals surface area contributed by atoms with Crippen molar-refractivity contribution in [1.29, 1.82) is 0 Å². The van der Waals surface area contributed by atoms with Crippen LogP contribution in [-0.2, 0) is 18.9 Å². The number of hydrogen-bond acceptors (Lipinski definition) is 6. The van der Waals surface area contributed by atoms with Crippen molar-refractivity contribution in [1.82, 2.24) is 0 Å². The van der Waals surface area contributed by atoms with E-state index in [0.717, 1.165) is 12.8 Å². The number of rotatable bonds is 6. The highest BCUT2D eigenvalue weighted by Crippen LogP contribution is 2.39. The van der Waals surface area contributed by atoms with Crippen molar-refractivity contribution in [3.63, 3.8) is 0 Å². The minimum absolute atomic E-state index is 0.363. The van der Waals surface area contributed by atoms with Gasteiger partial charge in [-0.15, -0.1) is 0 Å². The van der Waals surface area contributed by atoms with Crippen molar-refractivity contribution in [2.24, 2.45) is 0 Å². The molecule has 0 bridgehead atoms. The summed E-state index contributed by atoms with van der Waals surface area (Å²) in [5, 5.41) is 18.9. The Hall–Kier alpha value is -0.240. The first-order valence-electron chi connectivity index (χ1n) is 6.90. The third-order valence-electron chi connectivity index (χ3n) is 3.40. The lowest BCUT2D eigenvalue weighted by Crippen LogP contribution is -2.44. The molecule has 0 aliphatic carbocycles. The van der Waals surface area contributed by atoms with Gasteiger partial charge in [0.2, 0.25) is 0 Å². The lowest BCUT2D eigenvalue weighted by molar-refractivity contribution is -0.231. The number of aliphatic hydroxyl groups is 2. The highest BCUT2D eigenvalue weighted by molar-refractivity contribution is 4.96. The largest absolute Gasteiger partial charge is 0.394 e. The standard InChI is InChI=1S/C13H24O6/c1-4-5-6-16-10-9(8(15)7-14)17-12-11(10)18-13(2,3)19-12/h8-12,14-15H,4-7H2,1-3H3/t8?,9-,10+,11?,12+/m1/s1. The minimum atomic E-state index is -0.993. The van der Waals surface area contributed by atoms with Gasteiger partial charge >= 0.3 is 0 Å². The van der Waals surface area contributed by atoms with Gasteiger partial charge in [-0.2, -0.15) is 0 Å². The van der Waals surface area contributed by atoms with E-state index in [1.165, 1.54) is 0 Å². The Morgan fingerprint density at radius 2 is 2.05 bits per heavy atom. The van der Waals surface area contributed by atoms with Crippen LogP contribution in [0.5, 0.6) is 0 Å². The second-order valence-corrected chi connectivity index (χ2v) is 5.51. The molecule has 0 saturated carbocycles. The Morgan fingerprint density at radius 3 is 2.68 bits per heavy atom. The van der Waals surface area contributed by atoms with Gasteiger partial charge in [-0.05, 0) is 20.3 Å². The van der Waals surface area contributed by atoms with Crippen molar-refractivity contribution in [2.75, 3.05) is 13.2 Å². The molecule has 2 aliphatic heterocycles. The summed E-state index contributed by atoms with van der Waals surface area (Å²) in [6.07, 6.45) is -0.982. The summed E-state index contributed by atoms with van der Waals surface area (Å²) in [4.78, 5) is 0. The Kier molecular flexibility index (Phi) is 4.81. The first kappa shape index (κ1) is 15.2. The summed E-state index contributed by atoms with van der Waals surface area (Å²) in [5.74, 6) is -0.711. The molecule has 2 unspecified atom stereocenters. The van der Waals surface area contributed by atoms with Crippen LogP contribution in [0.2, 0.25) is 0 Å². The first-order valence-corrected chi connectivity index (χ1v) is 6.90. The maximum absolute atomic E-state index is 9.80. The molecule has 0 amide bonds. The van der Waals surface area contributed by atoms with Crippen LogP contribution in [0.4, 0.5) is 0 Å². The van der Waals surface area contributed by atoms with Gasteiger partial charge in [-0.3, -0.25) is 0 Å². The zero-order chi connectivity index (χ0) is 14.0. The summed E-state index contributed by atoms with van der Waals surface area (Å²) in [5.41, 5.74) is 0. The molecule has 6 heteroatoms. The number of hydrogen-bond donors (Lipinski definition) is 2. The predicted molar refractivity (Wildman–Crippen MR) is 66.4 cm³/mol. The molecule has 2 N–H and O–H groups in total. The third kappa shape index (κ3) is 3.26. The summed E-state index contributed by atoms with van der Waals surface area (Å²) < 4.78 is 22.8. The number of fused-ring (bicyclic) bond motifs is 1. The molecule has 0 spiro atoms. The van der Waals surface area contributed by atoms with Crippen LogP contribution >= 0.6 is 0 Å². The van der Waals surface area contributed by atoms with Crippen molar-refractivity contribution >= 4 is 0 Å². The van der Waals surface area contributed by atoms with E-state index in [1.807, 2.05) is 13.8 Å². The first-order chi connectivity index (χ1) is 8.98. The van der Waals surface area contributed by atoms with Gasteiger partial charge in [-0.25, -0.2) is 0 Å². The van der Waals surface area contributed by atoms with Crippen LogP contribution in [0.15, 0.2) is 0 Å². The van der Waals surface area contributed by atoms with Crippen molar-refractivity contribution in [2.45, 2.75) is 70.1 Å². The topological polar surface area (TPSA) is 77.4 Å². The summed E-state index contributed by atoms with van der Waals surface area (Å²) in [6, 6.07) is 0. The van der Waals surface area contributed by atoms with Crippen LogP contribution in [0, 0.1) is 0 Å². The van der Waals surface area contributed by atoms with Crippen molar-refractivity contribution < 1.29 is 29.2 Å². The molecule has 2 saturated heterocycles. The maximum atomic E-state index is 9.80. The molecule has 2 aliphatic rings. The van der Waals surface area contributed by atoms with Gasteiger partial charge in [0.1, 0.15) is 24.4 Å². The molecule has 5 atom stereocenters. The lowest BCUT2D eigenvalue weighted by Gasteiger charge is -2.27. The van der Waals surface area contributed by atoms with Crippen LogP contribution in [0.25, 0.3) is 0 Å². The van der Waals surface area contributed by atoms with E-state index in [-0.39, 0.29) is 12.7 Å². The van der Waals surface area contributed by atoms with Crippen LogP contribution < -0.4 is 0 Å². The molecular weight excluding hydrogens is 252 g/mol. The predicted octanol–water partition coefficient (Wildman–Crippen LogP) is 0.401. The Morgan fingerprint density at radius 1 is 1.32 bits per heavy atom. The second-order valence-electron chi connectivity index (χ2n) is 5.51. The molecule has 0 aromatic heterocycles. The summed E-state index contributed by atoms with van der Waals surface area (Å²) >= 11 is 0. The fourth-order valence-corrected chi connectivity index (χ4v) is 2.47. The Balaban J connectivity index is 2.02. The number of ether oxygens (including phenoxy) is 4. The van der Waals surface area contributed by atoms with E-state index in [1.54, 1.807) is 0 Å². The fraction of sp³-hybridized carbons (Fsp3) is 1.00. The van der Waals surface area contributed by atoms with Crippen LogP contribution in [0.3, 0.4) is 0 Å². The minimum Gasteiger partial charge on any atom is -0.394 e. The number of aliphatic hydroxyl groups excluding tert-OH is 2. The highest BCUT2D eigenvalue weighted by atomic mass is 16.8. The second kappa shape index (κ2) is 6.03. The molecule has 6 nitrogen and oxygen atoms in total. The zero-order valence-corrected chi connectivity index (χ0v) is 11.7. The Bertz CT molecular complexity index is 295. The highest BCUT2D eigenvalue weighted by Gasteiger charge is 2.56. The maximum Gasteiger partial charge on any atom is 0.190 e. The van der Waals surface area contributed by atoms with Crippen LogP contribution in [-0.4, -0.2) is 59.9 Å². The summed E-state index contributed by atoms with van der Waals surface area (Å²) in [6.45, 7) is 5.91. The Labute approximate surface area is 113 Å². The van der Waals surface area contributed by atoms with E-state index in [2.05, 4.69) is 6.92 Å². The molecule has 0 aromatic carbocycles. The number of unbranched alkanes of at least 4 members (excludes halogenated alkanes) is 1. The van der Waals surface area contributed by atoms with E-state index in [4.69, 9.17) is 24.1 Å². The lowest BCUT2D eigenvalue weighted by atomic mass is 10.1. The van der Waals surface area contributed by atoms with Gasteiger partial charge in [0.25, 0.3) is 0 Å². The van der Waals surface area contributed by atoms with E-state index < -0.39 is 30.4 Å². The average molecular weight is 276 g/mol. The zero-order valence-electron chi connectivity index (χ0n) is 11.7. The van der Waals surface area contributed by atoms with E-state index >= 15 is 0 Å². The smallest absolute Gasteiger partial charge is 0.190 e. The SMILES string of the molecule is CCCCO[C@@H]1C2OC(C)(C)O[C@@H]2O[C@@H]1C(O)CO. The monoisotopic (exact) mass is 276 g/mol. The molecule has 2 fully saturated rings. The molecule has 112 valence electrons. The normalized spacial score (nSPS) is 38.4. The van der Waals surface area contributed by atoms with Gasteiger partial charge in [0.15, 0.2) is 12.1 Å². The van der Waals surface area contributed by atoms with Crippen LogP contribution in [0.1, 0.15) is 33.6 Å². The summed E-state index contributed by atoms with van der Waals surface area (Å²) in [7, 11) is 0. The quantitative estimate of drug-likeness (QED) is 0.684. The van der Waals surface area contributed by atoms with Gasteiger partial charge < -0.3 is 29.2 Å². The molecule has 19 heavy (non-hydrogen) atoms. The van der Waals surface area contributed by atoms with Crippen molar-refractivity contribution in [3.8, 4) is 0 Å². The van der Waals surface area contributed by atoms with E-state index in [9.17, 15) is 5.11 Å². The molecule has 2 heterocycles. The third-order valence-corrected chi connectivity index (χ3v) is 3.40. The van der Waals surface area contributed by atoms with Gasteiger partial charge in [-0.1, -0.05) is 13.3 Å². The molecule has 0 aromatic rings. The van der Waals surface area contributed by atoms with Crippen molar-refractivity contribution in [3.05, 3.63) is 0 Å². The van der Waals surface area contributed by atoms with E-state index in [0.29, 0.717) is 6.61 Å². The van der Waals surface area contributed by atoms with Gasteiger partial charge in [0, 0.05) is 6.61 Å². The molecule has 0 radical (unpaired) electrons. The average Bonchev–Trinajstić information content (AvgIpc) is 2.82. The van der Waals surface area contributed by atoms with Gasteiger partial charge in [0.05, 0.1) is 6.61 Å².